The second kappa shape index (κ2) is 8.69. The third-order valence-electron chi connectivity index (χ3n) is 6.09. The van der Waals surface area contributed by atoms with Crippen molar-refractivity contribution in [1.82, 2.24) is 5.32 Å². The predicted molar refractivity (Wildman–Crippen MR) is 119 cm³/mol. The lowest BCUT2D eigenvalue weighted by molar-refractivity contribution is 0.162. The summed E-state index contributed by atoms with van der Waals surface area (Å²) in [5, 5.41) is 3.92. The zero-order valence-electron chi connectivity index (χ0n) is 18.7. The first-order valence-corrected chi connectivity index (χ1v) is 15.6. The van der Waals surface area contributed by atoms with E-state index in [2.05, 4.69) is 103 Å². The van der Waals surface area contributed by atoms with Gasteiger partial charge in [0.25, 0.3) is 0 Å². The lowest BCUT2D eigenvalue weighted by Gasteiger charge is -2.40. The van der Waals surface area contributed by atoms with Crippen LogP contribution >= 0.6 is 0 Å². The predicted octanol–water partition coefficient (Wildman–Crippen LogP) is 6.32. The van der Waals surface area contributed by atoms with Crippen LogP contribution in [0.2, 0.25) is 36.3 Å². The van der Waals surface area contributed by atoms with E-state index in [9.17, 15) is 0 Å². The van der Waals surface area contributed by atoms with Crippen LogP contribution < -0.4 is 5.32 Å². The highest BCUT2D eigenvalue weighted by atomic mass is 28.4. The van der Waals surface area contributed by atoms with Crippen LogP contribution in [0, 0.1) is 0 Å². The van der Waals surface area contributed by atoms with Crippen molar-refractivity contribution < 1.29 is 8.85 Å². The number of benzene rings is 1. The van der Waals surface area contributed by atoms with Crippen molar-refractivity contribution in [3.8, 4) is 0 Å². The summed E-state index contributed by atoms with van der Waals surface area (Å²) >= 11 is 0. The molecule has 0 amide bonds. The second-order valence-electron chi connectivity index (χ2n) is 10.3. The van der Waals surface area contributed by atoms with Gasteiger partial charge in [-0.25, -0.2) is 0 Å². The van der Waals surface area contributed by atoms with E-state index < -0.39 is 16.6 Å². The molecule has 1 aromatic rings. The Labute approximate surface area is 164 Å². The van der Waals surface area contributed by atoms with Gasteiger partial charge in [-0.15, -0.1) is 0 Å². The largest absolute Gasteiger partial charge is 0.409 e. The highest BCUT2D eigenvalue weighted by molar-refractivity contribution is 6.74. The summed E-state index contributed by atoms with van der Waals surface area (Å²) in [5.74, 6) is 0. The molecule has 1 aromatic carbocycles. The SMILES string of the molecule is CC(C)(C)[Si](C)(C)OCNCC(O[Si](C)(C)C(C)(C)C)c1ccccc1. The molecule has 1 atom stereocenters. The summed E-state index contributed by atoms with van der Waals surface area (Å²) in [5.41, 5.74) is 1.23. The highest BCUT2D eigenvalue weighted by Gasteiger charge is 2.40. The van der Waals surface area contributed by atoms with Crippen molar-refractivity contribution in [3.63, 3.8) is 0 Å². The summed E-state index contributed by atoms with van der Waals surface area (Å²) in [7, 11) is -3.58. The van der Waals surface area contributed by atoms with Gasteiger partial charge in [-0.05, 0) is 41.8 Å². The van der Waals surface area contributed by atoms with E-state index in [4.69, 9.17) is 8.85 Å². The molecule has 1 N–H and O–H groups in total. The zero-order valence-corrected chi connectivity index (χ0v) is 20.7. The molecule has 0 radical (unpaired) electrons. The Morgan fingerprint density at radius 2 is 1.35 bits per heavy atom. The van der Waals surface area contributed by atoms with Crippen molar-refractivity contribution in [2.24, 2.45) is 0 Å². The van der Waals surface area contributed by atoms with Gasteiger partial charge in [0.15, 0.2) is 16.6 Å². The lowest BCUT2D eigenvalue weighted by Crippen LogP contribution is -2.45. The van der Waals surface area contributed by atoms with Gasteiger partial charge in [0.2, 0.25) is 0 Å². The molecule has 0 aromatic heterocycles. The molecule has 0 spiro atoms. The van der Waals surface area contributed by atoms with Gasteiger partial charge in [0, 0.05) is 6.54 Å². The van der Waals surface area contributed by atoms with Gasteiger partial charge >= 0.3 is 0 Å². The summed E-state index contributed by atoms with van der Waals surface area (Å²) in [6, 6.07) is 10.6. The minimum atomic E-state index is -1.85. The molecule has 0 aliphatic heterocycles. The van der Waals surface area contributed by atoms with Crippen LogP contribution in [0.3, 0.4) is 0 Å². The van der Waals surface area contributed by atoms with Gasteiger partial charge in [0.05, 0.1) is 12.8 Å². The van der Waals surface area contributed by atoms with Crippen LogP contribution in [-0.4, -0.2) is 29.9 Å². The maximum absolute atomic E-state index is 6.72. The smallest absolute Gasteiger partial charge is 0.193 e. The summed E-state index contributed by atoms with van der Waals surface area (Å²) in [6.07, 6.45) is 0.0557. The van der Waals surface area contributed by atoms with Crippen molar-refractivity contribution in [3.05, 3.63) is 35.9 Å². The maximum Gasteiger partial charge on any atom is 0.193 e. The quantitative estimate of drug-likeness (QED) is 0.317. The fourth-order valence-corrected chi connectivity index (χ4v) is 4.25. The molecule has 0 saturated carbocycles. The molecular formula is C21H41NO2Si2. The van der Waals surface area contributed by atoms with E-state index in [0.717, 1.165) is 6.54 Å². The topological polar surface area (TPSA) is 30.5 Å². The van der Waals surface area contributed by atoms with Gasteiger partial charge in [-0.3, -0.25) is 5.32 Å². The van der Waals surface area contributed by atoms with Crippen molar-refractivity contribution in [2.45, 2.75) is 83.9 Å². The summed E-state index contributed by atoms with van der Waals surface area (Å²) < 4.78 is 13.0. The molecule has 0 fully saturated rings. The fraction of sp³-hybridized carbons (Fsp3) is 0.714. The molecule has 0 heterocycles. The van der Waals surface area contributed by atoms with Crippen LogP contribution in [0.1, 0.15) is 53.2 Å². The minimum absolute atomic E-state index is 0.0557. The first-order chi connectivity index (χ1) is 11.7. The fourth-order valence-electron chi connectivity index (χ4n) is 2.07. The summed E-state index contributed by atoms with van der Waals surface area (Å²) in [4.78, 5) is 0. The van der Waals surface area contributed by atoms with E-state index >= 15 is 0 Å². The number of nitrogens with one attached hydrogen (secondary N) is 1. The Morgan fingerprint density at radius 3 is 1.81 bits per heavy atom. The maximum atomic E-state index is 6.72. The van der Waals surface area contributed by atoms with E-state index in [0.29, 0.717) is 6.73 Å². The molecule has 5 heteroatoms. The first kappa shape index (κ1) is 23.6. The Bertz CT molecular complexity index is 545. The van der Waals surface area contributed by atoms with Gasteiger partial charge in [-0.2, -0.15) is 0 Å². The van der Waals surface area contributed by atoms with Gasteiger partial charge < -0.3 is 8.85 Å². The third-order valence-corrected chi connectivity index (χ3v) is 15.0. The molecule has 0 aliphatic rings. The molecule has 0 bridgehead atoms. The van der Waals surface area contributed by atoms with Crippen LogP contribution in [0.25, 0.3) is 0 Å². The number of hydrogen-bond donors (Lipinski definition) is 1. The van der Waals surface area contributed by atoms with Gasteiger partial charge in [-0.1, -0.05) is 71.9 Å². The zero-order chi connectivity index (χ0) is 20.2. The van der Waals surface area contributed by atoms with Crippen molar-refractivity contribution in [2.75, 3.05) is 13.3 Å². The van der Waals surface area contributed by atoms with E-state index in [1.165, 1.54) is 5.56 Å². The monoisotopic (exact) mass is 395 g/mol. The Balaban J connectivity index is 2.77. The van der Waals surface area contributed by atoms with Crippen LogP contribution in [0.5, 0.6) is 0 Å². The minimum Gasteiger partial charge on any atom is -0.409 e. The van der Waals surface area contributed by atoms with Crippen LogP contribution in [0.15, 0.2) is 30.3 Å². The standard InChI is InChI=1S/C21H41NO2Si2/c1-20(2,3)25(7,8)23-17-22-16-19(18-14-12-11-13-15-18)24-26(9,10)21(4,5)6/h11-15,19,22H,16-17H2,1-10H3. The molecule has 1 unspecified atom stereocenters. The molecule has 1 rings (SSSR count). The molecule has 0 saturated heterocycles. The normalized spacial score (nSPS) is 15.2. The summed E-state index contributed by atoms with van der Waals surface area (Å²) in [6.45, 7) is 24.2. The van der Waals surface area contributed by atoms with E-state index in [1.54, 1.807) is 0 Å². The third kappa shape index (κ3) is 6.61. The Kier molecular flexibility index (Phi) is 7.88. The van der Waals surface area contributed by atoms with Crippen LogP contribution in [0.4, 0.5) is 0 Å². The van der Waals surface area contributed by atoms with E-state index in [-0.39, 0.29) is 16.2 Å². The molecule has 150 valence electrons. The highest BCUT2D eigenvalue weighted by Crippen LogP contribution is 2.40. The van der Waals surface area contributed by atoms with Crippen molar-refractivity contribution in [1.29, 1.82) is 0 Å². The molecule has 0 aliphatic carbocycles. The van der Waals surface area contributed by atoms with Crippen molar-refractivity contribution >= 4 is 16.6 Å². The average molecular weight is 396 g/mol. The Morgan fingerprint density at radius 1 is 0.846 bits per heavy atom. The van der Waals surface area contributed by atoms with E-state index in [1.807, 2.05) is 0 Å². The molecular weight excluding hydrogens is 354 g/mol. The molecule has 26 heavy (non-hydrogen) atoms. The average Bonchev–Trinajstić information content (AvgIpc) is 2.48. The number of rotatable bonds is 8. The molecule has 3 nitrogen and oxygen atoms in total. The number of hydrogen-bond acceptors (Lipinski definition) is 3. The lowest BCUT2D eigenvalue weighted by atomic mass is 10.1. The van der Waals surface area contributed by atoms with Crippen LogP contribution in [-0.2, 0) is 8.85 Å². The van der Waals surface area contributed by atoms with Gasteiger partial charge in [0.1, 0.15) is 0 Å². The second-order valence-corrected chi connectivity index (χ2v) is 19.8. The first-order valence-electron chi connectivity index (χ1n) is 9.75. The Hall–Kier alpha value is -0.466.